The molecule has 0 fully saturated rings. The van der Waals surface area contributed by atoms with E-state index in [1.54, 1.807) is 20.8 Å². The molecule has 0 aromatic carbocycles. The number of aromatic nitrogens is 2. The molecule has 2 aromatic heterocycles. The number of hydrogen-bond donors (Lipinski definition) is 1. The number of nitrogens with zero attached hydrogens (tertiary/aromatic N) is 2. The number of thiophene rings is 1. The second-order valence-electron chi connectivity index (χ2n) is 5.43. The van der Waals surface area contributed by atoms with Gasteiger partial charge in [0.1, 0.15) is 15.9 Å². The second kappa shape index (κ2) is 7.88. The van der Waals surface area contributed by atoms with Crippen LogP contribution in [0, 0.1) is 13.8 Å². The Morgan fingerprint density at radius 1 is 1.23 bits per heavy atom. The highest BCUT2D eigenvalue weighted by atomic mass is 35.5. The Morgan fingerprint density at radius 2 is 1.85 bits per heavy atom. The van der Waals surface area contributed by atoms with Gasteiger partial charge in [-0.05, 0) is 26.3 Å². The first-order valence-corrected chi connectivity index (χ1v) is 8.72. The first kappa shape index (κ1) is 19.9. The van der Waals surface area contributed by atoms with E-state index in [9.17, 15) is 14.4 Å². The molecule has 0 aliphatic carbocycles. The molecule has 1 unspecified atom stereocenters. The quantitative estimate of drug-likeness (QED) is 0.776. The van der Waals surface area contributed by atoms with Gasteiger partial charge in [-0.3, -0.25) is 9.48 Å². The number of methoxy groups -OCH3 is 2. The zero-order chi connectivity index (χ0) is 19.6. The number of amides is 1. The third-order valence-corrected chi connectivity index (χ3v) is 5.43. The van der Waals surface area contributed by atoms with E-state index >= 15 is 0 Å². The van der Waals surface area contributed by atoms with Crippen LogP contribution in [0.5, 0.6) is 0 Å². The molecular formula is C16H18ClN3O5S. The van der Waals surface area contributed by atoms with E-state index in [-0.39, 0.29) is 15.4 Å². The van der Waals surface area contributed by atoms with Gasteiger partial charge in [0, 0.05) is 0 Å². The van der Waals surface area contributed by atoms with Crippen molar-refractivity contribution in [1.29, 1.82) is 0 Å². The fourth-order valence-corrected chi connectivity index (χ4v) is 3.60. The number of nitrogens with one attached hydrogen (secondary N) is 1. The van der Waals surface area contributed by atoms with E-state index in [4.69, 9.17) is 21.1 Å². The van der Waals surface area contributed by atoms with Crippen LogP contribution in [0.15, 0.2) is 6.20 Å². The molecule has 0 aliphatic heterocycles. The van der Waals surface area contributed by atoms with Crippen molar-refractivity contribution < 1.29 is 23.9 Å². The maximum Gasteiger partial charge on any atom is 0.348 e. The summed E-state index contributed by atoms with van der Waals surface area (Å²) in [6, 6.07) is -0.683. The molecule has 0 saturated heterocycles. The number of anilines is 1. The molecule has 0 radical (unpaired) electrons. The Hall–Kier alpha value is -2.39. The standard InChI is InChI=1S/C16H18ClN3O5S/c1-7-11(15(22)24-4)14(26-12(7)16(23)25-5)19-13(21)9(3)20-8(2)10(17)6-18-20/h6,9H,1-5H3,(H,19,21). The molecule has 26 heavy (non-hydrogen) atoms. The lowest BCUT2D eigenvalue weighted by molar-refractivity contribution is -0.119. The number of rotatable bonds is 5. The summed E-state index contributed by atoms with van der Waals surface area (Å²) in [6.45, 7) is 4.97. The molecule has 0 saturated carbocycles. The minimum atomic E-state index is -0.683. The number of ether oxygens (including phenoxy) is 2. The first-order chi connectivity index (χ1) is 12.2. The van der Waals surface area contributed by atoms with Gasteiger partial charge in [0.05, 0.1) is 36.7 Å². The van der Waals surface area contributed by atoms with E-state index in [1.807, 2.05) is 0 Å². The van der Waals surface area contributed by atoms with Crippen LogP contribution in [0.3, 0.4) is 0 Å². The molecule has 2 rings (SSSR count). The van der Waals surface area contributed by atoms with Gasteiger partial charge < -0.3 is 14.8 Å². The largest absolute Gasteiger partial charge is 0.465 e. The lowest BCUT2D eigenvalue weighted by atomic mass is 10.1. The maximum absolute atomic E-state index is 12.6. The van der Waals surface area contributed by atoms with Crippen molar-refractivity contribution in [2.75, 3.05) is 19.5 Å². The van der Waals surface area contributed by atoms with Crippen molar-refractivity contribution in [1.82, 2.24) is 9.78 Å². The SMILES string of the molecule is COC(=O)c1sc(NC(=O)C(C)n2ncc(Cl)c2C)c(C(=O)OC)c1C. The monoisotopic (exact) mass is 399 g/mol. The first-order valence-electron chi connectivity index (χ1n) is 7.53. The van der Waals surface area contributed by atoms with E-state index in [2.05, 4.69) is 10.4 Å². The van der Waals surface area contributed by atoms with Crippen LogP contribution < -0.4 is 5.32 Å². The van der Waals surface area contributed by atoms with Crippen LogP contribution >= 0.6 is 22.9 Å². The highest BCUT2D eigenvalue weighted by molar-refractivity contribution is 7.18. The fourth-order valence-electron chi connectivity index (χ4n) is 2.36. The molecule has 1 amide bonds. The highest BCUT2D eigenvalue weighted by Gasteiger charge is 2.28. The normalized spacial score (nSPS) is 11.8. The summed E-state index contributed by atoms with van der Waals surface area (Å²) in [6.07, 6.45) is 1.45. The van der Waals surface area contributed by atoms with E-state index in [0.29, 0.717) is 16.3 Å². The molecular weight excluding hydrogens is 382 g/mol. The van der Waals surface area contributed by atoms with Gasteiger partial charge >= 0.3 is 11.9 Å². The average Bonchev–Trinajstić information content (AvgIpc) is 3.12. The Labute approximate surface area is 159 Å². The number of carbonyl (C=O) groups is 3. The van der Waals surface area contributed by atoms with Gasteiger partial charge in [0.2, 0.25) is 5.91 Å². The van der Waals surface area contributed by atoms with Crippen molar-refractivity contribution in [3.8, 4) is 0 Å². The van der Waals surface area contributed by atoms with Crippen LogP contribution in [-0.2, 0) is 14.3 Å². The van der Waals surface area contributed by atoms with Crippen LogP contribution in [0.2, 0.25) is 5.02 Å². The Kier molecular flexibility index (Phi) is 6.04. The lowest BCUT2D eigenvalue weighted by Gasteiger charge is -2.14. The maximum atomic E-state index is 12.6. The summed E-state index contributed by atoms with van der Waals surface area (Å²) in [4.78, 5) is 36.8. The van der Waals surface area contributed by atoms with E-state index in [0.717, 1.165) is 11.3 Å². The summed E-state index contributed by atoms with van der Waals surface area (Å²) < 4.78 is 10.9. The number of halogens is 1. The van der Waals surface area contributed by atoms with Crippen molar-refractivity contribution in [2.24, 2.45) is 0 Å². The summed E-state index contributed by atoms with van der Waals surface area (Å²) in [5.74, 6) is -1.67. The molecule has 1 atom stereocenters. The van der Waals surface area contributed by atoms with Gasteiger partial charge in [0.25, 0.3) is 0 Å². The smallest absolute Gasteiger partial charge is 0.348 e. The second-order valence-corrected chi connectivity index (χ2v) is 6.86. The Bertz CT molecular complexity index is 874. The molecule has 2 heterocycles. The number of carbonyl (C=O) groups excluding carboxylic acids is 3. The van der Waals surface area contributed by atoms with Crippen LogP contribution in [0.1, 0.15) is 44.3 Å². The van der Waals surface area contributed by atoms with Gasteiger partial charge in [-0.15, -0.1) is 11.3 Å². The predicted molar refractivity (Wildman–Crippen MR) is 97.0 cm³/mol. The molecule has 8 nitrogen and oxygen atoms in total. The van der Waals surface area contributed by atoms with Crippen molar-refractivity contribution in [3.63, 3.8) is 0 Å². The third kappa shape index (κ3) is 3.58. The van der Waals surface area contributed by atoms with Crippen LogP contribution in [0.4, 0.5) is 5.00 Å². The average molecular weight is 400 g/mol. The third-order valence-electron chi connectivity index (χ3n) is 3.87. The van der Waals surface area contributed by atoms with Crippen molar-refractivity contribution >= 4 is 45.8 Å². The highest BCUT2D eigenvalue weighted by Crippen LogP contribution is 2.34. The zero-order valence-corrected chi connectivity index (χ0v) is 16.4. The summed E-state index contributed by atoms with van der Waals surface area (Å²) in [5, 5.41) is 7.40. The van der Waals surface area contributed by atoms with E-state index < -0.39 is 23.9 Å². The van der Waals surface area contributed by atoms with Crippen molar-refractivity contribution in [2.45, 2.75) is 26.8 Å². The van der Waals surface area contributed by atoms with E-state index in [1.165, 1.54) is 25.1 Å². The molecule has 0 spiro atoms. The topological polar surface area (TPSA) is 99.5 Å². The summed E-state index contributed by atoms with van der Waals surface area (Å²) in [5.41, 5.74) is 1.14. The molecule has 0 aliphatic rings. The number of esters is 2. The molecule has 0 bridgehead atoms. The fraction of sp³-hybridized carbons (Fsp3) is 0.375. The zero-order valence-electron chi connectivity index (χ0n) is 14.9. The van der Waals surface area contributed by atoms with Gasteiger partial charge in [0.15, 0.2) is 0 Å². The number of hydrogen-bond acceptors (Lipinski definition) is 7. The minimum Gasteiger partial charge on any atom is -0.465 e. The summed E-state index contributed by atoms with van der Waals surface area (Å²) in [7, 11) is 2.46. The van der Waals surface area contributed by atoms with Crippen LogP contribution in [0.25, 0.3) is 0 Å². The molecule has 2 aromatic rings. The Balaban J connectivity index is 2.38. The Morgan fingerprint density at radius 3 is 2.35 bits per heavy atom. The van der Waals surface area contributed by atoms with Gasteiger partial charge in [-0.1, -0.05) is 11.6 Å². The molecule has 140 valence electrons. The summed E-state index contributed by atoms with van der Waals surface area (Å²) >= 11 is 6.92. The van der Waals surface area contributed by atoms with Crippen LogP contribution in [-0.4, -0.2) is 41.8 Å². The van der Waals surface area contributed by atoms with Gasteiger partial charge in [-0.25, -0.2) is 9.59 Å². The molecule has 1 N–H and O–H groups in total. The lowest BCUT2D eigenvalue weighted by Crippen LogP contribution is -2.25. The van der Waals surface area contributed by atoms with Crippen molar-refractivity contribution in [3.05, 3.63) is 32.9 Å². The van der Waals surface area contributed by atoms with Gasteiger partial charge in [-0.2, -0.15) is 5.10 Å². The minimum absolute atomic E-state index is 0.119. The molecule has 10 heteroatoms. The predicted octanol–water partition coefficient (Wildman–Crippen LogP) is 2.99.